The van der Waals surface area contributed by atoms with Gasteiger partial charge in [-0.05, 0) is 61.1 Å². The van der Waals surface area contributed by atoms with Crippen molar-refractivity contribution < 1.29 is 19.4 Å². The Balaban J connectivity index is 1.86. The van der Waals surface area contributed by atoms with Crippen LogP contribution in [0.25, 0.3) is 38.4 Å². The molecule has 7 heteroatoms. The fraction of sp³-hybridized carbons (Fsp3) is 0.276. The monoisotopic (exact) mass is 483 g/mol. The number of nitrogens with zero attached hydrogens (tertiary/aromatic N) is 2. The number of hydrogen-bond donors (Lipinski definition) is 2. The van der Waals surface area contributed by atoms with E-state index in [2.05, 4.69) is 21.3 Å². The van der Waals surface area contributed by atoms with Crippen molar-refractivity contribution in [3.05, 3.63) is 65.9 Å². The summed E-state index contributed by atoms with van der Waals surface area (Å²) in [6, 6.07) is 14.0. The van der Waals surface area contributed by atoms with Gasteiger partial charge < -0.3 is 14.6 Å². The zero-order valence-electron chi connectivity index (χ0n) is 20.8. The number of allylic oxidation sites excluding steroid dienone is 1. The molecule has 4 aromatic rings. The Bertz CT molecular complexity index is 1530. The smallest absolute Gasteiger partial charge is 0.337 e. The summed E-state index contributed by atoms with van der Waals surface area (Å²) in [7, 11) is 1.74. The zero-order valence-corrected chi connectivity index (χ0v) is 20.8. The molecule has 0 aliphatic carbocycles. The number of fused-ring (bicyclic) bond motifs is 4. The molecule has 0 unspecified atom stereocenters. The molecular formula is C29H29N3O4. The van der Waals surface area contributed by atoms with Crippen LogP contribution in [0.1, 0.15) is 44.4 Å². The third-order valence-electron chi connectivity index (χ3n) is 6.29. The van der Waals surface area contributed by atoms with Gasteiger partial charge in [0.25, 0.3) is 0 Å². The molecule has 0 fully saturated rings. The predicted molar refractivity (Wildman–Crippen MR) is 143 cm³/mol. The lowest BCUT2D eigenvalue weighted by molar-refractivity contribution is -0.160. The number of rotatable bonds is 5. The number of benzene rings is 3. The fourth-order valence-corrected chi connectivity index (χ4v) is 4.87. The van der Waals surface area contributed by atoms with Gasteiger partial charge in [0.1, 0.15) is 5.75 Å². The van der Waals surface area contributed by atoms with Crippen LogP contribution >= 0.6 is 0 Å². The number of carbonyl (C=O) groups is 1. The quantitative estimate of drug-likeness (QED) is 0.330. The van der Waals surface area contributed by atoms with E-state index in [0.717, 1.165) is 56.1 Å². The van der Waals surface area contributed by atoms with Crippen molar-refractivity contribution in [2.24, 2.45) is 4.99 Å². The molecule has 36 heavy (non-hydrogen) atoms. The Morgan fingerprint density at radius 3 is 2.69 bits per heavy atom. The molecule has 5 rings (SSSR count). The molecule has 3 aromatic carbocycles. The summed E-state index contributed by atoms with van der Waals surface area (Å²) in [5, 5.41) is 20.3. The summed E-state index contributed by atoms with van der Waals surface area (Å²) in [4.78, 5) is 16.8. The highest BCUT2D eigenvalue weighted by molar-refractivity contribution is 6.15. The van der Waals surface area contributed by atoms with Gasteiger partial charge in [0.15, 0.2) is 6.10 Å². The van der Waals surface area contributed by atoms with E-state index in [1.165, 1.54) is 0 Å². The Morgan fingerprint density at radius 2 is 1.97 bits per heavy atom. The fourth-order valence-electron chi connectivity index (χ4n) is 4.87. The topological polar surface area (TPSA) is 96.8 Å². The van der Waals surface area contributed by atoms with Crippen LogP contribution in [0, 0.1) is 0 Å². The van der Waals surface area contributed by atoms with Gasteiger partial charge in [0, 0.05) is 41.6 Å². The van der Waals surface area contributed by atoms with E-state index in [1.54, 1.807) is 19.5 Å². The highest BCUT2D eigenvalue weighted by Crippen LogP contribution is 2.45. The first-order chi connectivity index (χ1) is 17.3. The van der Waals surface area contributed by atoms with Gasteiger partial charge in [-0.25, -0.2) is 4.79 Å². The number of H-pyrrole nitrogens is 1. The molecule has 0 saturated carbocycles. The molecule has 184 valence electrons. The lowest BCUT2D eigenvalue weighted by atomic mass is 9.86. The van der Waals surface area contributed by atoms with Crippen LogP contribution < -0.4 is 4.74 Å². The van der Waals surface area contributed by atoms with E-state index in [0.29, 0.717) is 12.2 Å². The van der Waals surface area contributed by atoms with E-state index >= 15 is 0 Å². The number of aliphatic imine (C=N–C) groups is 1. The van der Waals surface area contributed by atoms with Gasteiger partial charge in [-0.1, -0.05) is 30.3 Å². The summed E-state index contributed by atoms with van der Waals surface area (Å²) >= 11 is 0. The lowest BCUT2D eigenvalue weighted by Gasteiger charge is -2.28. The number of ether oxygens (including phenoxy) is 2. The third-order valence-corrected chi connectivity index (χ3v) is 6.29. The Labute approximate surface area is 209 Å². The molecule has 2 N–H and O–H groups in total. The van der Waals surface area contributed by atoms with Crippen LogP contribution in [0.5, 0.6) is 5.75 Å². The molecule has 1 aromatic heterocycles. The normalized spacial score (nSPS) is 15.9. The molecule has 7 nitrogen and oxygen atoms in total. The summed E-state index contributed by atoms with van der Waals surface area (Å²) in [6.07, 6.45) is 5.05. The van der Waals surface area contributed by atoms with Gasteiger partial charge in [0.05, 0.1) is 23.9 Å². The Morgan fingerprint density at radius 1 is 1.19 bits per heavy atom. The van der Waals surface area contributed by atoms with Crippen LogP contribution in [0.4, 0.5) is 0 Å². The first-order valence-electron chi connectivity index (χ1n) is 12.0. The van der Waals surface area contributed by atoms with Crippen molar-refractivity contribution >= 4 is 39.4 Å². The number of carboxylic acid groups (broad SMARTS) is 1. The van der Waals surface area contributed by atoms with E-state index in [4.69, 9.17) is 9.47 Å². The second-order valence-corrected chi connectivity index (χ2v) is 9.85. The first-order valence-corrected chi connectivity index (χ1v) is 12.0. The molecule has 0 amide bonds. The third kappa shape index (κ3) is 4.27. The molecule has 0 saturated heterocycles. The molecule has 1 aliphatic heterocycles. The maximum absolute atomic E-state index is 12.7. The van der Waals surface area contributed by atoms with Gasteiger partial charge in [-0.15, -0.1) is 0 Å². The largest absolute Gasteiger partial charge is 0.493 e. The van der Waals surface area contributed by atoms with Gasteiger partial charge in [-0.2, -0.15) is 5.10 Å². The van der Waals surface area contributed by atoms with E-state index in [-0.39, 0.29) is 0 Å². The molecular weight excluding hydrogens is 454 g/mol. The molecule has 0 bridgehead atoms. The van der Waals surface area contributed by atoms with Crippen molar-refractivity contribution in [2.75, 3.05) is 13.7 Å². The van der Waals surface area contributed by atoms with Crippen LogP contribution in [-0.4, -0.2) is 46.7 Å². The predicted octanol–water partition coefficient (Wildman–Crippen LogP) is 6.19. The molecule has 1 aliphatic rings. The number of nitrogens with one attached hydrogen (secondary N) is 1. The van der Waals surface area contributed by atoms with Crippen LogP contribution in [-0.2, 0) is 9.53 Å². The summed E-state index contributed by atoms with van der Waals surface area (Å²) in [5.41, 5.74) is 4.49. The van der Waals surface area contributed by atoms with Crippen molar-refractivity contribution in [2.45, 2.75) is 38.9 Å². The summed E-state index contributed by atoms with van der Waals surface area (Å²) < 4.78 is 12.1. The number of hydrogen-bond acceptors (Lipinski definition) is 5. The van der Waals surface area contributed by atoms with E-state index in [1.807, 2.05) is 63.2 Å². The maximum Gasteiger partial charge on any atom is 0.337 e. The van der Waals surface area contributed by atoms with Crippen molar-refractivity contribution in [3.8, 4) is 16.9 Å². The minimum absolute atomic E-state index is 0.581. The highest BCUT2D eigenvalue weighted by atomic mass is 16.5. The molecule has 2 heterocycles. The average molecular weight is 484 g/mol. The van der Waals surface area contributed by atoms with E-state index < -0.39 is 17.7 Å². The summed E-state index contributed by atoms with van der Waals surface area (Å²) in [5.74, 6) is -0.248. The second-order valence-electron chi connectivity index (χ2n) is 9.85. The standard InChI is InChI=1S/C29H29N3O4/c1-29(2,3)36-27(28(33)34)25-22-16-31-32-26(22)20-8-6-5-7-19(20)24(25)18-9-10-23-21(15-18)17(11-13-30-4)12-14-35-23/h5-11,13,15-16,27H,12,14H2,1-4H3,(H,31,32)(H,33,34)/b17-11-,30-13?/t27-/m0/s1. The van der Waals surface area contributed by atoms with Crippen LogP contribution in [0.15, 0.2) is 59.7 Å². The summed E-state index contributed by atoms with van der Waals surface area (Å²) in [6.45, 7) is 6.18. The van der Waals surface area contributed by atoms with Gasteiger partial charge in [-0.3, -0.25) is 10.1 Å². The molecule has 1 atom stereocenters. The Hall–Kier alpha value is -3.97. The minimum atomic E-state index is -1.20. The number of aliphatic carboxylic acids is 1. The maximum atomic E-state index is 12.7. The van der Waals surface area contributed by atoms with Crippen molar-refractivity contribution in [1.29, 1.82) is 0 Å². The lowest BCUT2D eigenvalue weighted by Crippen LogP contribution is -2.28. The second kappa shape index (κ2) is 9.24. The van der Waals surface area contributed by atoms with Crippen molar-refractivity contribution in [3.63, 3.8) is 0 Å². The minimum Gasteiger partial charge on any atom is -0.493 e. The first kappa shape index (κ1) is 23.8. The zero-order chi connectivity index (χ0) is 25.4. The average Bonchev–Trinajstić information content (AvgIpc) is 3.34. The number of aromatic nitrogens is 2. The SMILES string of the molecule is CN=C/C=C1/CCOc2ccc(-c3c([C@H](OC(C)(C)C)C(=O)O)c4cn[nH]c4c4ccccc34)cc21. The highest BCUT2D eigenvalue weighted by Gasteiger charge is 2.33. The molecule has 0 radical (unpaired) electrons. The number of aromatic amines is 1. The van der Waals surface area contributed by atoms with Gasteiger partial charge in [0.2, 0.25) is 0 Å². The van der Waals surface area contributed by atoms with Crippen molar-refractivity contribution in [1.82, 2.24) is 10.2 Å². The number of carboxylic acids is 1. The van der Waals surface area contributed by atoms with Crippen LogP contribution in [0.2, 0.25) is 0 Å². The Kier molecular flexibility index (Phi) is 6.10. The molecule has 0 spiro atoms. The van der Waals surface area contributed by atoms with Crippen LogP contribution in [0.3, 0.4) is 0 Å². The van der Waals surface area contributed by atoms with Gasteiger partial charge >= 0.3 is 5.97 Å². The van der Waals surface area contributed by atoms with E-state index in [9.17, 15) is 9.90 Å².